The highest BCUT2D eigenvalue weighted by molar-refractivity contribution is 6.20. The van der Waals surface area contributed by atoms with Gasteiger partial charge in [0.15, 0.2) is 23.1 Å². The Hall–Kier alpha value is -9.39. The molecule has 11 aromatic carbocycles. The number of nitrogens with zero attached hydrogens (tertiary/aromatic N) is 5. The van der Waals surface area contributed by atoms with Crippen molar-refractivity contribution >= 4 is 97.9 Å². The van der Waals surface area contributed by atoms with Gasteiger partial charge in [0.25, 0.3) is 0 Å². The third kappa shape index (κ3) is 5.63. The highest BCUT2D eigenvalue weighted by Gasteiger charge is 2.26. The average Bonchev–Trinajstić information content (AvgIpc) is 4.08. The van der Waals surface area contributed by atoms with Gasteiger partial charge in [0.1, 0.15) is 11.3 Å². The van der Waals surface area contributed by atoms with E-state index in [2.05, 4.69) is 234 Å². The zero-order valence-electron chi connectivity index (χ0n) is 37.0. The Labute approximate surface area is 394 Å². The van der Waals surface area contributed by atoms with Gasteiger partial charge in [0, 0.05) is 60.1 Å². The van der Waals surface area contributed by atoms with Gasteiger partial charge in [-0.25, -0.2) is 15.0 Å². The molecule has 0 atom stereocenters. The van der Waals surface area contributed by atoms with Gasteiger partial charge < -0.3 is 13.6 Å². The number of hydrogen-bond donors (Lipinski definition) is 0. The molecule has 0 fully saturated rings. The standard InChI is InChI=1S/C63H37N5O/c1-2-20-44(21-3-1)67-54-27-12-10-23-46(54)48-25-14-26-51(57(48)67)62-64-61(43-30-29-38-15-4-5-17-40(38)35-43)65-63(66-62)52-34-33-50-49-32-31-39-16-8-9-22-45(39)59(49)69-60(50)58(52)68-55-28-13-11-24-47(55)53-36-41-18-6-7-19-42(41)37-56(53)68/h1-37H. The summed E-state index contributed by atoms with van der Waals surface area (Å²) < 4.78 is 12.0. The van der Waals surface area contributed by atoms with Crippen molar-refractivity contribution in [3.8, 4) is 45.5 Å². The summed E-state index contributed by atoms with van der Waals surface area (Å²) in [6.07, 6.45) is 0. The van der Waals surface area contributed by atoms with E-state index in [1.165, 1.54) is 5.39 Å². The Balaban J connectivity index is 1.10. The van der Waals surface area contributed by atoms with Crippen molar-refractivity contribution in [2.75, 3.05) is 0 Å². The molecule has 0 N–H and O–H groups in total. The van der Waals surface area contributed by atoms with Crippen molar-refractivity contribution in [3.05, 3.63) is 224 Å². The smallest absolute Gasteiger partial charge is 0.166 e. The quantitative estimate of drug-likeness (QED) is 0.173. The van der Waals surface area contributed by atoms with E-state index in [-0.39, 0.29) is 0 Å². The number of fused-ring (bicyclic) bond motifs is 13. The Morgan fingerprint density at radius 1 is 0.304 bits per heavy atom. The molecule has 4 heterocycles. The Bertz CT molecular complexity index is 4620. The summed E-state index contributed by atoms with van der Waals surface area (Å²) in [5, 5.41) is 13.4. The summed E-state index contributed by atoms with van der Waals surface area (Å²) in [4.78, 5) is 16.6. The second-order valence-electron chi connectivity index (χ2n) is 17.9. The molecule has 4 aromatic heterocycles. The number of furan rings is 1. The van der Waals surface area contributed by atoms with Gasteiger partial charge in [-0.15, -0.1) is 0 Å². The normalized spacial score (nSPS) is 12.1. The first-order valence-corrected chi connectivity index (χ1v) is 23.3. The van der Waals surface area contributed by atoms with Gasteiger partial charge in [-0.1, -0.05) is 158 Å². The maximum absolute atomic E-state index is 7.31. The monoisotopic (exact) mass is 879 g/mol. The molecule has 0 aliphatic rings. The highest BCUT2D eigenvalue weighted by Crippen LogP contribution is 2.45. The SMILES string of the molecule is c1ccc(-n2c3ccccc3c3cccc(-c4nc(-c5ccc6ccccc6c5)nc(-c5ccc6c(oc7c8ccccc8ccc67)c5-n5c6ccccc6c6cc7ccccc7cc65)n4)c32)cc1. The van der Waals surface area contributed by atoms with Crippen molar-refractivity contribution < 1.29 is 4.42 Å². The fourth-order valence-corrected chi connectivity index (χ4v) is 11.0. The fourth-order valence-electron chi connectivity index (χ4n) is 11.0. The number of aromatic nitrogens is 5. The molecule has 0 saturated carbocycles. The van der Waals surface area contributed by atoms with Crippen LogP contribution in [0.3, 0.4) is 0 Å². The summed E-state index contributed by atoms with van der Waals surface area (Å²) >= 11 is 0. The molecule has 0 bridgehead atoms. The van der Waals surface area contributed by atoms with Crippen LogP contribution in [-0.2, 0) is 0 Å². The van der Waals surface area contributed by atoms with E-state index in [1.54, 1.807) is 0 Å². The molecule has 0 aliphatic carbocycles. The summed E-state index contributed by atoms with van der Waals surface area (Å²) in [6, 6.07) is 79.7. The van der Waals surface area contributed by atoms with Crippen molar-refractivity contribution in [1.29, 1.82) is 0 Å². The topological polar surface area (TPSA) is 61.7 Å². The minimum atomic E-state index is 0.538. The molecule has 0 spiro atoms. The molecule has 0 unspecified atom stereocenters. The fraction of sp³-hybridized carbons (Fsp3) is 0. The minimum Gasteiger partial charge on any atom is -0.453 e. The first-order valence-electron chi connectivity index (χ1n) is 23.3. The average molecular weight is 880 g/mol. The molecule has 6 heteroatoms. The van der Waals surface area contributed by atoms with E-state index in [9.17, 15) is 0 Å². The van der Waals surface area contributed by atoms with Crippen LogP contribution >= 0.6 is 0 Å². The molecule has 0 aliphatic heterocycles. The Morgan fingerprint density at radius 3 is 1.67 bits per heavy atom. The molecule has 15 aromatic rings. The van der Waals surface area contributed by atoms with Crippen LogP contribution in [-0.4, -0.2) is 24.1 Å². The van der Waals surface area contributed by atoms with Gasteiger partial charge in [0.2, 0.25) is 0 Å². The van der Waals surface area contributed by atoms with Crippen LogP contribution in [0.15, 0.2) is 229 Å². The maximum Gasteiger partial charge on any atom is 0.166 e. The van der Waals surface area contributed by atoms with Gasteiger partial charge in [-0.2, -0.15) is 0 Å². The van der Waals surface area contributed by atoms with Crippen molar-refractivity contribution in [2.45, 2.75) is 0 Å². The molecule has 0 saturated heterocycles. The Kier molecular flexibility index (Phi) is 7.97. The van der Waals surface area contributed by atoms with Crippen LogP contribution in [0.1, 0.15) is 0 Å². The number of para-hydroxylation sites is 4. The summed E-state index contributed by atoms with van der Waals surface area (Å²) in [5.74, 6) is 1.69. The lowest BCUT2D eigenvalue weighted by Gasteiger charge is -2.16. The maximum atomic E-state index is 7.31. The van der Waals surface area contributed by atoms with Crippen LogP contribution in [0.4, 0.5) is 0 Å². The van der Waals surface area contributed by atoms with Gasteiger partial charge in [-0.05, 0) is 93.7 Å². The summed E-state index contributed by atoms with van der Waals surface area (Å²) in [6.45, 7) is 0. The van der Waals surface area contributed by atoms with Crippen molar-refractivity contribution in [1.82, 2.24) is 24.1 Å². The minimum absolute atomic E-state index is 0.538. The summed E-state index contributed by atoms with van der Waals surface area (Å²) in [7, 11) is 0. The zero-order valence-corrected chi connectivity index (χ0v) is 37.0. The van der Waals surface area contributed by atoms with Crippen LogP contribution in [0, 0.1) is 0 Å². The van der Waals surface area contributed by atoms with Crippen LogP contribution in [0.2, 0.25) is 0 Å². The second-order valence-corrected chi connectivity index (χ2v) is 17.9. The molecule has 0 radical (unpaired) electrons. The highest BCUT2D eigenvalue weighted by atomic mass is 16.3. The van der Waals surface area contributed by atoms with Crippen LogP contribution in [0.5, 0.6) is 0 Å². The molecule has 6 nitrogen and oxygen atoms in total. The van der Waals surface area contributed by atoms with Gasteiger partial charge in [-0.3, -0.25) is 0 Å². The summed E-state index contributed by atoms with van der Waals surface area (Å²) in [5.41, 5.74) is 10.4. The molecule has 15 rings (SSSR count). The molecule has 0 amide bonds. The largest absolute Gasteiger partial charge is 0.453 e. The zero-order chi connectivity index (χ0) is 45.2. The van der Waals surface area contributed by atoms with Crippen LogP contribution in [0.25, 0.3) is 143 Å². The lowest BCUT2D eigenvalue weighted by atomic mass is 10.0. The third-order valence-corrected chi connectivity index (χ3v) is 14.1. The van der Waals surface area contributed by atoms with E-state index < -0.39 is 0 Å². The number of rotatable bonds is 5. The van der Waals surface area contributed by atoms with Crippen molar-refractivity contribution in [3.63, 3.8) is 0 Å². The lowest BCUT2D eigenvalue weighted by Crippen LogP contribution is -2.05. The van der Waals surface area contributed by atoms with Crippen LogP contribution < -0.4 is 0 Å². The first-order chi connectivity index (χ1) is 34.2. The van der Waals surface area contributed by atoms with Gasteiger partial charge >= 0.3 is 0 Å². The van der Waals surface area contributed by atoms with E-state index in [4.69, 9.17) is 19.4 Å². The van der Waals surface area contributed by atoms with Gasteiger partial charge in [0.05, 0.1) is 22.1 Å². The van der Waals surface area contributed by atoms with E-state index in [1.807, 2.05) is 0 Å². The number of benzene rings is 11. The van der Waals surface area contributed by atoms with E-state index in [0.717, 1.165) is 121 Å². The van der Waals surface area contributed by atoms with E-state index >= 15 is 0 Å². The predicted molar refractivity (Wildman–Crippen MR) is 285 cm³/mol. The first kappa shape index (κ1) is 37.8. The molecular weight excluding hydrogens is 843 g/mol. The lowest BCUT2D eigenvalue weighted by molar-refractivity contribution is 0.670. The molecule has 69 heavy (non-hydrogen) atoms. The van der Waals surface area contributed by atoms with Crippen molar-refractivity contribution in [2.24, 2.45) is 0 Å². The third-order valence-electron chi connectivity index (χ3n) is 14.1. The van der Waals surface area contributed by atoms with E-state index in [0.29, 0.717) is 17.5 Å². The molecular formula is C63H37N5O. The Morgan fingerprint density at radius 2 is 0.870 bits per heavy atom. The predicted octanol–water partition coefficient (Wildman–Crippen LogP) is 16.4. The number of hydrogen-bond acceptors (Lipinski definition) is 4. The molecule has 320 valence electrons. The second kappa shape index (κ2) is 14.6.